The van der Waals surface area contributed by atoms with Crippen molar-refractivity contribution < 1.29 is 14.5 Å². The molecule has 0 bridgehead atoms. The van der Waals surface area contributed by atoms with Gasteiger partial charge in [0.25, 0.3) is 0 Å². The number of aryl methyl sites for hydroxylation is 1. The molecule has 0 unspecified atom stereocenters. The largest absolute Gasteiger partial charge is 0.457 e. The van der Waals surface area contributed by atoms with Gasteiger partial charge in [-0.05, 0) is 12.1 Å². The van der Waals surface area contributed by atoms with Crippen LogP contribution in [-0.4, -0.2) is 11.4 Å². The fourth-order valence-electron chi connectivity index (χ4n) is 1.44. The van der Waals surface area contributed by atoms with Crippen LogP contribution in [-0.2, 0) is 7.05 Å². The Hall–Kier alpha value is -2.36. The van der Waals surface area contributed by atoms with Crippen molar-refractivity contribution in [3.8, 4) is 11.5 Å². The first-order valence-corrected chi connectivity index (χ1v) is 5.19. The van der Waals surface area contributed by atoms with Crippen LogP contribution in [0.15, 0.2) is 53.8 Å². The molecule has 0 radical (unpaired) electrons. The molecule has 4 nitrogen and oxygen atoms in total. The number of benzene rings is 1. The van der Waals surface area contributed by atoms with E-state index in [9.17, 15) is 0 Å². The van der Waals surface area contributed by atoms with Crippen LogP contribution in [0.4, 0.5) is 0 Å². The van der Waals surface area contributed by atoms with Gasteiger partial charge in [0, 0.05) is 6.07 Å². The molecule has 2 rings (SSSR count). The molecular formula is C13H13N2O2+. The number of nitrogens with zero attached hydrogens (tertiary/aromatic N) is 2. The molecule has 2 aromatic rings. The Morgan fingerprint density at radius 1 is 1.18 bits per heavy atom. The average molecular weight is 229 g/mol. The van der Waals surface area contributed by atoms with Gasteiger partial charge < -0.3 is 9.94 Å². The molecule has 0 fully saturated rings. The topological polar surface area (TPSA) is 45.7 Å². The maximum Gasteiger partial charge on any atom is 0.230 e. The van der Waals surface area contributed by atoms with Gasteiger partial charge >= 0.3 is 0 Å². The molecule has 1 N–H and O–H groups in total. The SMILES string of the molecule is C[n+]1ccc(Oc2ccccc2)cc1/C=N/O. The number of para-hydroxylation sites is 1. The van der Waals surface area contributed by atoms with Crippen LogP contribution in [0.5, 0.6) is 11.5 Å². The second kappa shape index (κ2) is 5.12. The molecule has 1 heterocycles. The molecule has 0 atom stereocenters. The van der Waals surface area contributed by atoms with Gasteiger partial charge in [-0.1, -0.05) is 23.4 Å². The maximum absolute atomic E-state index is 8.54. The summed E-state index contributed by atoms with van der Waals surface area (Å²) in [4.78, 5) is 0. The maximum atomic E-state index is 8.54. The van der Waals surface area contributed by atoms with Crippen LogP contribution < -0.4 is 9.30 Å². The van der Waals surface area contributed by atoms with Gasteiger partial charge in [0.05, 0.1) is 6.07 Å². The van der Waals surface area contributed by atoms with Crippen molar-refractivity contribution in [1.29, 1.82) is 0 Å². The molecule has 0 aliphatic heterocycles. The Balaban J connectivity index is 2.25. The molecule has 17 heavy (non-hydrogen) atoms. The summed E-state index contributed by atoms with van der Waals surface area (Å²) in [5.41, 5.74) is 0.751. The van der Waals surface area contributed by atoms with Crippen molar-refractivity contribution in [2.24, 2.45) is 12.2 Å². The van der Waals surface area contributed by atoms with Crippen molar-refractivity contribution in [1.82, 2.24) is 0 Å². The number of rotatable bonds is 3. The second-order valence-electron chi connectivity index (χ2n) is 3.56. The van der Waals surface area contributed by atoms with E-state index in [0.29, 0.717) is 5.75 Å². The minimum atomic E-state index is 0.698. The van der Waals surface area contributed by atoms with E-state index in [2.05, 4.69) is 5.16 Å². The molecule has 1 aromatic carbocycles. The first kappa shape index (κ1) is 11.1. The van der Waals surface area contributed by atoms with Crippen LogP contribution in [0, 0.1) is 0 Å². The lowest BCUT2D eigenvalue weighted by Crippen LogP contribution is -2.32. The van der Waals surface area contributed by atoms with Gasteiger partial charge in [0.1, 0.15) is 24.8 Å². The molecule has 0 amide bonds. The van der Waals surface area contributed by atoms with E-state index in [1.54, 1.807) is 6.07 Å². The molecule has 1 aromatic heterocycles. The zero-order valence-electron chi connectivity index (χ0n) is 9.45. The summed E-state index contributed by atoms with van der Waals surface area (Å²) < 4.78 is 7.49. The smallest absolute Gasteiger partial charge is 0.230 e. The lowest BCUT2D eigenvalue weighted by molar-refractivity contribution is -0.672. The predicted molar refractivity (Wildman–Crippen MR) is 63.5 cm³/mol. The highest BCUT2D eigenvalue weighted by Gasteiger charge is 2.06. The van der Waals surface area contributed by atoms with Crippen molar-refractivity contribution in [2.45, 2.75) is 0 Å². The number of aromatic nitrogens is 1. The highest BCUT2D eigenvalue weighted by molar-refractivity contribution is 5.74. The number of pyridine rings is 1. The zero-order chi connectivity index (χ0) is 12.1. The summed E-state index contributed by atoms with van der Waals surface area (Å²) in [6.07, 6.45) is 3.20. The zero-order valence-corrected chi connectivity index (χ0v) is 9.45. The Kier molecular flexibility index (Phi) is 3.35. The monoisotopic (exact) mass is 229 g/mol. The van der Waals surface area contributed by atoms with E-state index in [0.717, 1.165) is 11.4 Å². The van der Waals surface area contributed by atoms with Gasteiger partial charge in [-0.2, -0.15) is 4.57 Å². The van der Waals surface area contributed by atoms with Gasteiger partial charge in [0.15, 0.2) is 6.20 Å². The number of hydrogen-bond acceptors (Lipinski definition) is 3. The van der Waals surface area contributed by atoms with Crippen molar-refractivity contribution in [2.75, 3.05) is 0 Å². The van der Waals surface area contributed by atoms with Crippen molar-refractivity contribution in [3.05, 3.63) is 54.4 Å². The van der Waals surface area contributed by atoms with Gasteiger partial charge in [-0.15, -0.1) is 0 Å². The normalized spacial score (nSPS) is 10.6. The Bertz CT molecular complexity index is 524. The molecule has 0 aliphatic rings. The fraction of sp³-hybridized carbons (Fsp3) is 0.0769. The fourth-order valence-corrected chi connectivity index (χ4v) is 1.44. The number of hydrogen-bond donors (Lipinski definition) is 1. The predicted octanol–water partition coefficient (Wildman–Crippen LogP) is 2.11. The van der Waals surface area contributed by atoms with E-state index < -0.39 is 0 Å². The average Bonchev–Trinajstić information content (AvgIpc) is 2.35. The summed E-state index contributed by atoms with van der Waals surface area (Å²) in [7, 11) is 1.86. The van der Waals surface area contributed by atoms with E-state index >= 15 is 0 Å². The first-order valence-electron chi connectivity index (χ1n) is 5.19. The Morgan fingerprint density at radius 3 is 2.65 bits per heavy atom. The van der Waals surface area contributed by atoms with Gasteiger partial charge in [-0.25, -0.2) is 0 Å². The van der Waals surface area contributed by atoms with Crippen LogP contribution in [0.25, 0.3) is 0 Å². The molecule has 0 saturated heterocycles. The summed E-state index contributed by atoms with van der Waals surface area (Å²) in [6, 6.07) is 13.2. The summed E-state index contributed by atoms with van der Waals surface area (Å²) in [5, 5.41) is 11.6. The van der Waals surface area contributed by atoms with Crippen LogP contribution in [0.3, 0.4) is 0 Å². The lowest BCUT2D eigenvalue weighted by Gasteiger charge is -2.04. The highest BCUT2D eigenvalue weighted by Crippen LogP contribution is 2.19. The van der Waals surface area contributed by atoms with Crippen molar-refractivity contribution >= 4 is 6.21 Å². The first-order chi connectivity index (χ1) is 8.29. The van der Waals surface area contributed by atoms with Gasteiger partial charge in [-0.3, -0.25) is 0 Å². The van der Waals surface area contributed by atoms with Crippen molar-refractivity contribution in [3.63, 3.8) is 0 Å². The third-order valence-corrected chi connectivity index (χ3v) is 2.33. The summed E-state index contributed by atoms with van der Waals surface area (Å²) >= 11 is 0. The standard InChI is InChI=1S/C13H12N2O2/c1-15-8-7-13(9-11(15)10-14-16)17-12-5-3-2-4-6-12/h2-10H,1H3/p+1. The minimum Gasteiger partial charge on any atom is -0.457 e. The molecular weight excluding hydrogens is 216 g/mol. The summed E-state index contributed by atoms with van der Waals surface area (Å²) in [6.45, 7) is 0. The third-order valence-electron chi connectivity index (χ3n) is 2.33. The van der Waals surface area contributed by atoms with Crippen LogP contribution in [0.2, 0.25) is 0 Å². The second-order valence-corrected chi connectivity index (χ2v) is 3.56. The van der Waals surface area contributed by atoms with E-state index in [-0.39, 0.29) is 0 Å². The molecule has 0 spiro atoms. The lowest BCUT2D eigenvalue weighted by atomic mass is 10.3. The number of oxime groups is 1. The Morgan fingerprint density at radius 2 is 1.94 bits per heavy atom. The van der Waals surface area contributed by atoms with Gasteiger partial charge in [0.2, 0.25) is 5.69 Å². The van der Waals surface area contributed by atoms with Crippen LogP contribution >= 0.6 is 0 Å². The summed E-state index contributed by atoms with van der Waals surface area (Å²) in [5.74, 6) is 1.47. The van der Waals surface area contributed by atoms with Crippen LogP contribution in [0.1, 0.15) is 5.69 Å². The van der Waals surface area contributed by atoms with E-state index in [1.165, 1.54) is 6.21 Å². The minimum absolute atomic E-state index is 0.698. The molecule has 86 valence electrons. The highest BCUT2D eigenvalue weighted by atomic mass is 16.5. The van der Waals surface area contributed by atoms with E-state index in [4.69, 9.17) is 9.94 Å². The Labute approximate surface area is 99.4 Å². The molecule has 0 saturated carbocycles. The molecule has 0 aliphatic carbocycles. The quantitative estimate of drug-likeness (QED) is 0.379. The van der Waals surface area contributed by atoms with E-state index in [1.807, 2.05) is 54.2 Å². The number of ether oxygens (including phenoxy) is 1. The third kappa shape index (κ3) is 2.81. The molecule has 4 heteroatoms.